The van der Waals surface area contributed by atoms with Gasteiger partial charge in [0.05, 0.1) is 34.1 Å². The maximum absolute atomic E-state index is 14.1. The number of carbonyl (C=O) groups excluding carboxylic acids is 3. The van der Waals surface area contributed by atoms with Crippen LogP contribution in [-0.2, 0) is 33.7 Å². The van der Waals surface area contributed by atoms with Crippen molar-refractivity contribution in [2.24, 2.45) is 31.8 Å². The fourth-order valence-corrected chi connectivity index (χ4v) is 11.7. The van der Waals surface area contributed by atoms with Crippen molar-refractivity contribution in [2.75, 3.05) is 62.0 Å². The van der Waals surface area contributed by atoms with Crippen LogP contribution in [0.3, 0.4) is 0 Å². The Morgan fingerprint density at radius 3 is 2.16 bits per heavy atom. The Kier molecular flexibility index (Phi) is 14.4. The zero-order valence-corrected chi connectivity index (χ0v) is 40.7. The highest BCUT2D eigenvalue weighted by Gasteiger charge is 2.31. The summed E-state index contributed by atoms with van der Waals surface area (Å²) in [5.41, 5.74) is 2.13. The van der Waals surface area contributed by atoms with Gasteiger partial charge in [0, 0.05) is 77.1 Å². The minimum absolute atomic E-state index is 0.0593. The quantitative estimate of drug-likeness (QED) is 0.103. The predicted molar refractivity (Wildman–Crippen MR) is 264 cm³/mol. The summed E-state index contributed by atoms with van der Waals surface area (Å²) >= 11 is 0. The Labute approximate surface area is 404 Å². The lowest BCUT2D eigenvalue weighted by atomic mass is 9.82. The Morgan fingerprint density at radius 2 is 1.46 bits per heavy atom. The maximum atomic E-state index is 14.1. The first-order valence-electron chi connectivity index (χ1n) is 24.6. The molecule has 6 heterocycles. The molecule has 3 aromatic carbocycles. The van der Waals surface area contributed by atoms with Crippen LogP contribution in [0.2, 0.25) is 0 Å². The lowest BCUT2D eigenvalue weighted by molar-refractivity contribution is -0.134. The Balaban J connectivity index is 0.744. The molecule has 2 N–H and O–H groups in total. The van der Waals surface area contributed by atoms with Crippen molar-refractivity contribution in [2.45, 2.75) is 81.9 Å². The van der Waals surface area contributed by atoms with Gasteiger partial charge in [0.1, 0.15) is 17.3 Å². The first-order chi connectivity index (χ1) is 33.3. The predicted octanol–water partition coefficient (Wildman–Crippen LogP) is 7.05. The van der Waals surface area contributed by atoms with E-state index in [9.17, 15) is 27.6 Å². The van der Waals surface area contributed by atoms with Gasteiger partial charge >= 0.3 is 5.69 Å². The number of hydrogen-bond donors (Lipinski definition) is 2. The van der Waals surface area contributed by atoms with Crippen molar-refractivity contribution in [3.05, 3.63) is 101 Å². The van der Waals surface area contributed by atoms with Crippen molar-refractivity contribution < 1.29 is 32.3 Å². The van der Waals surface area contributed by atoms with Gasteiger partial charge in [-0.2, -0.15) is 0 Å². The zero-order valence-electron chi connectivity index (χ0n) is 39.9. The van der Waals surface area contributed by atoms with Gasteiger partial charge in [0.25, 0.3) is 15.9 Å². The molecule has 3 amide bonds. The third kappa shape index (κ3) is 11.0. The van der Waals surface area contributed by atoms with Gasteiger partial charge in [0.15, 0.2) is 5.75 Å². The van der Waals surface area contributed by atoms with Gasteiger partial charge in [-0.3, -0.25) is 33.6 Å². The summed E-state index contributed by atoms with van der Waals surface area (Å²) in [4.78, 5) is 62.1. The van der Waals surface area contributed by atoms with Gasteiger partial charge in [-0.1, -0.05) is 25.1 Å². The topological polar surface area (TPSA) is 177 Å². The number of nitrogens with one attached hydrogen (secondary N) is 2. The normalized spacial score (nSPS) is 19.2. The van der Waals surface area contributed by atoms with E-state index in [0.29, 0.717) is 78.4 Å². The van der Waals surface area contributed by atoms with E-state index in [1.54, 1.807) is 62.8 Å². The first-order valence-corrected chi connectivity index (χ1v) is 26.1. The second-order valence-corrected chi connectivity index (χ2v) is 21.1. The van der Waals surface area contributed by atoms with Crippen LogP contribution in [0.1, 0.15) is 93.0 Å². The van der Waals surface area contributed by atoms with Crippen LogP contribution in [0.4, 0.5) is 11.5 Å². The molecule has 4 saturated heterocycles. The first kappa shape index (κ1) is 47.8. The van der Waals surface area contributed by atoms with Gasteiger partial charge < -0.3 is 24.2 Å². The number of pyridine rings is 1. The lowest BCUT2D eigenvalue weighted by Crippen LogP contribution is -2.42. The molecule has 0 aliphatic carbocycles. The van der Waals surface area contributed by atoms with E-state index in [-0.39, 0.29) is 45.7 Å². The molecule has 4 fully saturated rings. The Morgan fingerprint density at radius 1 is 0.783 bits per heavy atom. The van der Waals surface area contributed by atoms with E-state index in [0.717, 1.165) is 76.2 Å². The zero-order chi connectivity index (χ0) is 48.2. The van der Waals surface area contributed by atoms with Gasteiger partial charge in [-0.05, 0) is 137 Å². The molecule has 16 nitrogen and oxygen atoms in total. The SMILES string of the molecule is CCCOc1cccc(Oc2cc3c(cc2NS(=O)(=O)c2cccc(C(=O)N4CCC(CC5CCN(CC6CCN(c7ccc(C8CCC(=O)NC8=O)cn7)CC6)CC5)CC4)c2)n(C)c(=O)n3C)c1. The number of fused-ring (bicyclic) bond motifs is 1. The van der Waals surface area contributed by atoms with E-state index >= 15 is 0 Å². The summed E-state index contributed by atoms with van der Waals surface area (Å²) in [6.45, 7) is 9.13. The molecule has 2 aromatic heterocycles. The smallest absolute Gasteiger partial charge is 0.328 e. The van der Waals surface area contributed by atoms with Crippen LogP contribution in [0, 0.1) is 17.8 Å². The molecule has 1 unspecified atom stereocenters. The van der Waals surface area contributed by atoms with Crippen molar-refractivity contribution >= 4 is 50.3 Å². The number of carbonyl (C=O) groups is 3. The number of piperidine rings is 4. The molecule has 0 radical (unpaired) electrons. The fraction of sp³-hybridized carbons (Fsp3) is 0.481. The van der Waals surface area contributed by atoms with Gasteiger partial charge in [-0.15, -0.1) is 0 Å². The average Bonchev–Trinajstić information content (AvgIpc) is 3.56. The minimum atomic E-state index is -4.22. The van der Waals surface area contributed by atoms with Crippen LogP contribution in [0.15, 0.2) is 88.7 Å². The minimum Gasteiger partial charge on any atom is -0.493 e. The monoisotopic (exact) mass is 960 g/mol. The van der Waals surface area contributed by atoms with Crippen molar-refractivity contribution in [3.63, 3.8) is 0 Å². The van der Waals surface area contributed by atoms with Crippen LogP contribution in [0.5, 0.6) is 17.2 Å². The average molecular weight is 961 g/mol. The van der Waals surface area contributed by atoms with E-state index in [1.807, 2.05) is 30.0 Å². The molecule has 4 aliphatic heterocycles. The number of imidazole rings is 1. The third-order valence-electron chi connectivity index (χ3n) is 14.7. The van der Waals surface area contributed by atoms with E-state index in [1.165, 1.54) is 40.5 Å². The summed E-state index contributed by atoms with van der Waals surface area (Å²) in [5.74, 6) is 3.15. The maximum Gasteiger partial charge on any atom is 0.328 e. The van der Waals surface area contributed by atoms with Crippen LogP contribution < -0.4 is 30.1 Å². The number of benzene rings is 3. The molecule has 0 bridgehead atoms. The molecule has 17 heteroatoms. The number of nitrogens with zero attached hydrogens (tertiary/aromatic N) is 6. The molecule has 0 spiro atoms. The number of ether oxygens (including phenoxy) is 2. The summed E-state index contributed by atoms with van der Waals surface area (Å²) < 4.78 is 45.9. The fourth-order valence-electron chi connectivity index (χ4n) is 10.6. The van der Waals surface area contributed by atoms with Gasteiger partial charge in [0.2, 0.25) is 11.8 Å². The van der Waals surface area contributed by atoms with E-state index in [2.05, 4.69) is 19.8 Å². The number of hydrogen-bond acceptors (Lipinski definition) is 11. The van der Waals surface area contributed by atoms with Crippen LogP contribution in [-0.4, -0.2) is 102 Å². The molecule has 4 aliphatic rings. The highest BCUT2D eigenvalue weighted by molar-refractivity contribution is 7.92. The standard InChI is InChI=1S/C52H64N8O8S/c1-4-27-67-40-8-6-9-41(30-40)68-47-32-46-45(56(2)52(64)57(46)3)31-44(47)55-69(65,66)42-10-5-7-38(29-42)51(63)60-25-17-36(18-26-60)28-35-15-21-58(22-16-35)34-37-19-23-59(24-20-37)48-13-11-39(33-53-48)43-12-14-49(61)54-50(43)62/h5-11,13,29-33,35-37,43,55H,4,12,14-28,34H2,1-3H3,(H,54,61,62). The molecular formula is C52H64N8O8S. The Bertz CT molecular complexity index is 2840. The molecular weight excluding hydrogens is 897 g/mol. The highest BCUT2D eigenvalue weighted by atomic mass is 32.2. The summed E-state index contributed by atoms with van der Waals surface area (Å²) in [6, 6.07) is 20.5. The lowest BCUT2D eigenvalue weighted by Gasteiger charge is -2.39. The number of anilines is 2. The Hall–Kier alpha value is -6.20. The molecule has 0 saturated carbocycles. The van der Waals surface area contributed by atoms with Crippen LogP contribution in [0.25, 0.3) is 11.0 Å². The molecule has 1 atom stereocenters. The second-order valence-electron chi connectivity index (χ2n) is 19.4. The number of rotatable bonds is 15. The van der Waals surface area contributed by atoms with Crippen molar-refractivity contribution in [3.8, 4) is 17.2 Å². The molecule has 69 heavy (non-hydrogen) atoms. The number of aromatic nitrogens is 3. The number of likely N-dealkylation sites (tertiary alicyclic amines) is 2. The van der Waals surface area contributed by atoms with E-state index in [4.69, 9.17) is 14.5 Å². The molecule has 5 aromatic rings. The summed E-state index contributed by atoms with van der Waals surface area (Å²) in [7, 11) is -0.944. The number of aryl methyl sites for hydroxylation is 2. The van der Waals surface area contributed by atoms with Gasteiger partial charge in [-0.25, -0.2) is 18.2 Å². The largest absolute Gasteiger partial charge is 0.493 e. The van der Waals surface area contributed by atoms with Crippen molar-refractivity contribution in [1.29, 1.82) is 0 Å². The van der Waals surface area contributed by atoms with E-state index < -0.39 is 10.0 Å². The second kappa shape index (κ2) is 20.8. The number of sulfonamides is 1. The number of imide groups is 1. The molecule has 366 valence electrons. The number of amides is 3. The van der Waals surface area contributed by atoms with Crippen molar-refractivity contribution in [1.82, 2.24) is 29.2 Å². The summed E-state index contributed by atoms with van der Waals surface area (Å²) in [5, 5.41) is 2.44. The third-order valence-corrected chi connectivity index (χ3v) is 16.0. The highest BCUT2D eigenvalue weighted by Crippen LogP contribution is 2.37. The van der Waals surface area contributed by atoms with Crippen LogP contribution >= 0.6 is 0 Å². The summed E-state index contributed by atoms with van der Waals surface area (Å²) in [6.07, 6.45) is 11.2. The molecule has 9 rings (SSSR count).